The second-order valence-electron chi connectivity index (χ2n) is 7.41. The molecule has 2 N–H and O–H groups in total. The average molecular weight is 377 g/mol. The van der Waals surface area contributed by atoms with E-state index >= 15 is 0 Å². The fraction of sp³-hybridized carbons (Fsp3) is 0.550. The average Bonchev–Trinajstić information content (AvgIpc) is 3.27. The van der Waals surface area contributed by atoms with Crippen molar-refractivity contribution in [2.24, 2.45) is 17.8 Å². The van der Waals surface area contributed by atoms with Crippen LogP contribution < -0.4 is 10.0 Å². The molecular formula is C20H28N2O3S. The number of fused-ring (bicyclic) bond motifs is 2. The maximum Gasteiger partial charge on any atom is 0.251 e. The Bertz CT molecular complexity index is 784. The van der Waals surface area contributed by atoms with Gasteiger partial charge in [-0.3, -0.25) is 4.79 Å². The molecule has 0 radical (unpaired) electrons. The van der Waals surface area contributed by atoms with Gasteiger partial charge in [-0.2, -0.15) is 0 Å². The lowest BCUT2D eigenvalue weighted by atomic mass is 9.94. The van der Waals surface area contributed by atoms with E-state index in [-0.39, 0.29) is 16.8 Å². The van der Waals surface area contributed by atoms with Gasteiger partial charge in [0.25, 0.3) is 5.91 Å². The predicted octanol–water partition coefficient (Wildman–Crippen LogP) is 3.10. The smallest absolute Gasteiger partial charge is 0.251 e. The van der Waals surface area contributed by atoms with Gasteiger partial charge in [-0.25, -0.2) is 13.1 Å². The highest BCUT2D eigenvalue weighted by Crippen LogP contribution is 2.43. The molecule has 3 rings (SSSR count). The summed E-state index contributed by atoms with van der Waals surface area (Å²) in [4.78, 5) is 12.5. The molecule has 142 valence electrons. The van der Waals surface area contributed by atoms with Crippen LogP contribution in [-0.4, -0.2) is 26.9 Å². The van der Waals surface area contributed by atoms with E-state index in [4.69, 9.17) is 0 Å². The van der Waals surface area contributed by atoms with Crippen molar-refractivity contribution in [1.29, 1.82) is 0 Å². The summed E-state index contributed by atoms with van der Waals surface area (Å²) in [5.41, 5.74) is 0.377. The van der Waals surface area contributed by atoms with E-state index in [9.17, 15) is 13.2 Å². The lowest BCUT2D eigenvalue weighted by molar-refractivity contribution is 0.0934. The molecule has 0 saturated heterocycles. The molecule has 0 aliphatic heterocycles. The predicted molar refractivity (Wildman–Crippen MR) is 102 cm³/mol. The van der Waals surface area contributed by atoms with Crippen LogP contribution in [0.3, 0.4) is 0 Å². The van der Waals surface area contributed by atoms with Gasteiger partial charge in [0.2, 0.25) is 10.0 Å². The number of amides is 1. The SMILES string of the molecule is CCC(CC)NC(=O)c1cccc(S(=O)(=O)NC[C@@H]2C[C@@H]3C=C[C@H]2C3)c1. The zero-order chi connectivity index (χ0) is 18.7. The first-order chi connectivity index (χ1) is 12.4. The molecular weight excluding hydrogens is 348 g/mol. The summed E-state index contributed by atoms with van der Waals surface area (Å²) in [6.07, 6.45) is 8.37. The third-order valence-electron chi connectivity index (χ3n) is 5.68. The first-order valence-corrected chi connectivity index (χ1v) is 11.0. The molecule has 1 aromatic carbocycles. The number of rotatable bonds is 8. The number of hydrogen-bond acceptors (Lipinski definition) is 3. The van der Waals surface area contributed by atoms with E-state index in [1.165, 1.54) is 12.1 Å². The molecule has 2 aliphatic rings. The van der Waals surface area contributed by atoms with Gasteiger partial charge in [0.15, 0.2) is 0 Å². The molecule has 6 heteroatoms. The number of hydrogen-bond donors (Lipinski definition) is 2. The zero-order valence-corrected chi connectivity index (χ0v) is 16.3. The number of nitrogens with one attached hydrogen (secondary N) is 2. The molecule has 1 saturated carbocycles. The molecule has 2 aliphatic carbocycles. The van der Waals surface area contributed by atoms with E-state index in [2.05, 4.69) is 22.2 Å². The molecule has 1 aromatic rings. The van der Waals surface area contributed by atoms with E-state index in [0.29, 0.717) is 29.9 Å². The zero-order valence-electron chi connectivity index (χ0n) is 15.4. The third kappa shape index (κ3) is 4.18. The van der Waals surface area contributed by atoms with Crippen LogP contribution in [0.25, 0.3) is 0 Å². The first-order valence-electron chi connectivity index (χ1n) is 9.51. The summed E-state index contributed by atoms with van der Waals surface area (Å²) in [5.74, 6) is 1.27. The van der Waals surface area contributed by atoms with Crippen molar-refractivity contribution in [3.63, 3.8) is 0 Å². The van der Waals surface area contributed by atoms with Crippen LogP contribution in [0.1, 0.15) is 49.9 Å². The summed E-state index contributed by atoms with van der Waals surface area (Å²) in [5, 5.41) is 2.94. The second kappa shape index (κ2) is 7.92. The van der Waals surface area contributed by atoms with Crippen LogP contribution in [0.2, 0.25) is 0 Å². The summed E-state index contributed by atoms with van der Waals surface area (Å²) in [6.45, 7) is 4.49. The molecule has 0 aromatic heterocycles. The highest BCUT2D eigenvalue weighted by molar-refractivity contribution is 7.89. The molecule has 1 amide bonds. The normalized spacial score (nSPS) is 24.3. The number of benzene rings is 1. The molecule has 1 fully saturated rings. The second-order valence-corrected chi connectivity index (χ2v) is 9.17. The Hall–Kier alpha value is -1.66. The van der Waals surface area contributed by atoms with E-state index in [1.807, 2.05) is 13.8 Å². The number of sulfonamides is 1. The third-order valence-corrected chi connectivity index (χ3v) is 7.10. The quantitative estimate of drug-likeness (QED) is 0.685. The molecule has 0 heterocycles. The first kappa shape index (κ1) is 19.1. The standard InChI is InChI=1S/C20H28N2O3S/c1-3-18(4-2)22-20(23)16-6-5-7-19(12-16)26(24,25)21-13-17-11-14-8-9-15(17)10-14/h5-9,12,14-15,17-18,21H,3-4,10-11,13H2,1-2H3,(H,22,23)/t14-,15+,17+/m1/s1. The van der Waals surface area contributed by atoms with Gasteiger partial charge in [-0.15, -0.1) is 0 Å². The van der Waals surface area contributed by atoms with Crippen LogP contribution in [-0.2, 0) is 10.0 Å². The van der Waals surface area contributed by atoms with Gasteiger partial charge in [-0.1, -0.05) is 32.1 Å². The Labute approximate surface area is 156 Å². The van der Waals surface area contributed by atoms with Gasteiger partial charge >= 0.3 is 0 Å². The fourth-order valence-electron chi connectivity index (χ4n) is 4.00. The monoisotopic (exact) mass is 376 g/mol. The molecule has 26 heavy (non-hydrogen) atoms. The van der Waals surface area contributed by atoms with Crippen LogP contribution >= 0.6 is 0 Å². The minimum Gasteiger partial charge on any atom is -0.349 e. The number of allylic oxidation sites excluding steroid dienone is 2. The maximum atomic E-state index is 12.6. The van der Waals surface area contributed by atoms with Crippen molar-refractivity contribution in [2.75, 3.05) is 6.54 Å². The van der Waals surface area contributed by atoms with Crippen molar-refractivity contribution in [2.45, 2.75) is 50.5 Å². The highest BCUT2D eigenvalue weighted by atomic mass is 32.2. The molecule has 2 bridgehead atoms. The van der Waals surface area contributed by atoms with Crippen molar-refractivity contribution in [3.8, 4) is 0 Å². The number of carbonyl (C=O) groups excluding carboxylic acids is 1. The Balaban J connectivity index is 1.66. The lowest BCUT2D eigenvalue weighted by Gasteiger charge is -2.19. The van der Waals surface area contributed by atoms with E-state index < -0.39 is 10.0 Å². The van der Waals surface area contributed by atoms with Crippen LogP contribution in [0.15, 0.2) is 41.3 Å². The van der Waals surface area contributed by atoms with Gasteiger partial charge in [0.05, 0.1) is 4.90 Å². The Morgan fingerprint density at radius 2 is 1.96 bits per heavy atom. The van der Waals surface area contributed by atoms with Crippen molar-refractivity contribution in [1.82, 2.24) is 10.0 Å². The Kier molecular flexibility index (Phi) is 5.82. The van der Waals surface area contributed by atoms with Gasteiger partial charge in [-0.05, 0) is 61.6 Å². The minimum absolute atomic E-state index is 0.103. The van der Waals surface area contributed by atoms with Crippen LogP contribution in [0, 0.1) is 17.8 Å². The fourth-order valence-corrected chi connectivity index (χ4v) is 5.14. The minimum atomic E-state index is -3.61. The van der Waals surface area contributed by atoms with Crippen LogP contribution in [0.5, 0.6) is 0 Å². The topological polar surface area (TPSA) is 75.3 Å². The van der Waals surface area contributed by atoms with E-state index in [1.54, 1.807) is 12.1 Å². The highest BCUT2D eigenvalue weighted by Gasteiger charge is 2.36. The molecule has 3 atom stereocenters. The summed E-state index contributed by atoms with van der Waals surface area (Å²) < 4.78 is 28.0. The lowest BCUT2D eigenvalue weighted by Crippen LogP contribution is -2.34. The van der Waals surface area contributed by atoms with Crippen molar-refractivity contribution < 1.29 is 13.2 Å². The Morgan fingerprint density at radius 3 is 2.58 bits per heavy atom. The summed E-state index contributed by atoms with van der Waals surface area (Å²) in [6, 6.07) is 6.37. The summed E-state index contributed by atoms with van der Waals surface area (Å²) >= 11 is 0. The van der Waals surface area contributed by atoms with Gasteiger partial charge in [0, 0.05) is 18.2 Å². The van der Waals surface area contributed by atoms with Crippen molar-refractivity contribution >= 4 is 15.9 Å². The van der Waals surface area contributed by atoms with Crippen molar-refractivity contribution in [3.05, 3.63) is 42.0 Å². The number of carbonyl (C=O) groups is 1. The van der Waals surface area contributed by atoms with Crippen LogP contribution in [0.4, 0.5) is 0 Å². The summed E-state index contributed by atoms with van der Waals surface area (Å²) in [7, 11) is -3.61. The molecule has 5 nitrogen and oxygen atoms in total. The molecule has 0 unspecified atom stereocenters. The van der Waals surface area contributed by atoms with Gasteiger partial charge < -0.3 is 5.32 Å². The molecule has 0 spiro atoms. The van der Waals surface area contributed by atoms with E-state index in [0.717, 1.165) is 25.7 Å². The van der Waals surface area contributed by atoms with Gasteiger partial charge in [0.1, 0.15) is 0 Å². The maximum absolute atomic E-state index is 12.6. The Morgan fingerprint density at radius 1 is 1.19 bits per heavy atom. The largest absolute Gasteiger partial charge is 0.349 e.